The Balaban J connectivity index is 2.11. The van der Waals surface area contributed by atoms with E-state index in [2.05, 4.69) is 57.7 Å². The molecule has 0 aliphatic heterocycles. The van der Waals surface area contributed by atoms with Crippen LogP contribution in [0, 0.1) is 29.6 Å². The Morgan fingerprint density at radius 1 is 1.13 bits per heavy atom. The predicted molar refractivity (Wildman–Crippen MR) is 122 cm³/mol. The van der Waals surface area contributed by atoms with E-state index >= 15 is 0 Å². The summed E-state index contributed by atoms with van der Waals surface area (Å²) in [5, 5.41) is 2.90. The quantitative estimate of drug-likeness (QED) is 0.721. The molecule has 5 nitrogen and oxygen atoms in total. The molecule has 0 aliphatic rings. The first-order chi connectivity index (χ1) is 14.4. The molecule has 1 atom stereocenters. The van der Waals surface area contributed by atoms with Crippen molar-refractivity contribution in [2.75, 3.05) is 18.0 Å². The largest absolute Gasteiger partial charge is 0.354 e. The van der Waals surface area contributed by atoms with Gasteiger partial charge in [0.2, 0.25) is 11.9 Å². The van der Waals surface area contributed by atoms with Gasteiger partial charge in [0.15, 0.2) is 0 Å². The summed E-state index contributed by atoms with van der Waals surface area (Å²) in [6.07, 6.45) is 2.53. The summed E-state index contributed by atoms with van der Waals surface area (Å²) >= 11 is 0. The maximum Gasteiger partial charge on any atom is 0.227 e. The summed E-state index contributed by atoms with van der Waals surface area (Å²) in [6, 6.07) is 9.99. The zero-order chi connectivity index (χ0) is 21.9. The molecular formula is C25H30N4O. The van der Waals surface area contributed by atoms with Gasteiger partial charge in [-0.2, -0.15) is 0 Å². The second-order valence-electron chi connectivity index (χ2n) is 7.70. The van der Waals surface area contributed by atoms with Gasteiger partial charge in [0, 0.05) is 31.3 Å². The van der Waals surface area contributed by atoms with E-state index < -0.39 is 0 Å². The maximum atomic E-state index is 11.1. The van der Waals surface area contributed by atoms with E-state index in [1.807, 2.05) is 44.2 Å². The van der Waals surface area contributed by atoms with Gasteiger partial charge in [0.25, 0.3) is 0 Å². The fourth-order valence-electron chi connectivity index (χ4n) is 3.01. The fraction of sp³-hybridized carbons (Fsp3) is 0.400. The number of carbonyl (C=O) groups is 1. The number of rotatable bonds is 7. The van der Waals surface area contributed by atoms with Crippen LogP contribution in [0.3, 0.4) is 0 Å². The van der Waals surface area contributed by atoms with Gasteiger partial charge in [-0.1, -0.05) is 37.8 Å². The molecule has 0 radical (unpaired) electrons. The number of amides is 1. The molecule has 1 amide bonds. The molecule has 5 heteroatoms. The van der Waals surface area contributed by atoms with Crippen molar-refractivity contribution >= 4 is 11.9 Å². The SMILES string of the molecule is CC#CCN(CC(C)C)c1nccc(C#Cc2ccc(CC(C)NC(C)=O)cc2)n1. The Bertz CT molecular complexity index is 958. The first kappa shape index (κ1) is 23.0. The second-order valence-corrected chi connectivity index (χ2v) is 7.70. The van der Waals surface area contributed by atoms with Gasteiger partial charge in [0.1, 0.15) is 5.69 Å². The number of nitrogens with one attached hydrogen (secondary N) is 1. The Labute approximate surface area is 180 Å². The third kappa shape index (κ3) is 7.97. The topological polar surface area (TPSA) is 58.1 Å². The number of benzene rings is 1. The highest BCUT2D eigenvalue weighted by Gasteiger charge is 2.10. The summed E-state index contributed by atoms with van der Waals surface area (Å²) in [6.45, 7) is 11.1. The zero-order valence-corrected chi connectivity index (χ0v) is 18.5. The van der Waals surface area contributed by atoms with E-state index in [0.717, 1.165) is 24.1 Å². The van der Waals surface area contributed by atoms with Crippen LogP contribution in [0.4, 0.5) is 5.95 Å². The molecule has 1 N–H and O–H groups in total. The Morgan fingerprint density at radius 3 is 2.50 bits per heavy atom. The molecule has 0 saturated heterocycles. The molecule has 0 aliphatic carbocycles. The number of aromatic nitrogens is 2. The summed E-state index contributed by atoms with van der Waals surface area (Å²) in [5.74, 6) is 13.4. The number of nitrogens with zero attached hydrogens (tertiary/aromatic N) is 3. The van der Waals surface area contributed by atoms with Crippen LogP contribution in [0.5, 0.6) is 0 Å². The molecule has 1 unspecified atom stereocenters. The van der Waals surface area contributed by atoms with Crippen molar-refractivity contribution in [3.05, 3.63) is 53.3 Å². The number of carbonyl (C=O) groups excluding carboxylic acids is 1. The lowest BCUT2D eigenvalue weighted by molar-refractivity contribution is -0.119. The summed E-state index contributed by atoms with van der Waals surface area (Å²) in [4.78, 5) is 22.2. The van der Waals surface area contributed by atoms with E-state index in [1.54, 1.807) is 6.20 Å². The van der Waals surface area contributed by atoms with E-state index in [-0.39, 0.29) is 11.9 Å². The smallest absolute Gasteiger partial charge is 0.227 e. The van der Waals surface area contributed by atoms with Crippen LogP contribution >= 0.6 is 0 Å². The second kappa shape index (κ2) is 11.6. The predicted octanol–water partition coefficient (Wildman–Crippen LogP) is 3.43. The van der Waals surface area contributed by atoms with Crippen LogP contribution in [0.1, 0.15) is 51.4 Å². The van der Waals surface area contributed by atoms with Crippen molar-refractivity contribution in [3.8, 4) is 23.7 Å². The van der Waals surface area contributed by atoms with Crippen LogP contribution < -0.4 is 10.2 Å². The molecule has 2 aromatic rings. The molecular weight excluding hydrogens is 372 g/mol. The lowest BCUT2D eigenvalue weighted by Gasteiger charge is -2.22. The Kier molecular flexibility index (Phi) is 8.91. The number of hydrogen-bond donors (Lipinski definition) is 1. The van der Waals surface area contributed by atoms with Crippen molar-refractivity contribution in [1.82, 2.24) is 15.3 Å². The van der Waals surface area contributed by atoms with Gasteiger partial charge in [-0.05, 0) is 55.9 Å². The zero-order valence-electron chi connectivity index (χ0n) is 18.5. The Morgan fingerprint density at radius 2 is 1.87 bits per heavy atom. The molecule has 1 aromatic heterocycles. The molecule has 156 valence electrons. The molecule has 30 heavy (non-hydrogen) atoms. The third-order valence-electron chi connectivity index (χ3n) is 4.24. The van der Waals surface area contributed by atoms with Crippen LogP contribution in [0.2, 0.25) is 0 Å². The Hall–Kier alpha value is -3.31. The number of anilines is 1. The van der Waals surface area contributed by atoms with Crippen molar-refractivity contribution < 1.29 is 4.79 Å². The van der Waals surface area contributed by atoms with E-state index in [0.29, 0.717) is 24.1 Å². The number of hydrogen-bond acceptors (Lipinski definition) is 4. The normalized spacial score (nSPS) is 11.0. The van der Waals surface area contributed by atoms with Crippen LogP contribution in [0.25, 0.3) is 0 Å². The highest BCUT2D eigenvalue weighted by Crippen LogP contribution is 2.10. The van der Waals surface area contributed by atoms with Gasteiger partial charge >= 0.3 is 0 Å². The monoisotopic (exact) mass is 402 g/mol. The van der Waals surface area contributed by atoms with Gasteiger partial charge in [-0.3, -0.25) is 4.79 Å². The average molecular weight is 403 g/mol. The minimum Gasteiger partial charge on any atom is -0.354 e. The van der Waals surface area contributed by atoms with E-state index in [1.165, 1.54) is 6.92 Å². The maximum absolute atomic E-state index is 11.1. The molecule has 0 spiro atoms. The molecule has 0 saturated carbocycles. The first-order valence-electron chi connectivity index (χ1n) is 10.2. The summed E-state index contributed by atoms with van der Waals surface area (Å²) < 4.78 is 0. The molecule has 1 heterocycles. The molecule has 2 rings (SSSR count). The van der Waals surface area contributed by atoms with Gasteiger partial charge in [-0.15, -0.1) is 5.92 Å². The molecule has 1 aromatic carbocycles. The third-order valence-corrected chi connectivity index (χ3v) is 4.24. The summed E-state index contributed by atoms with van der Waals surface area (Å²) in [7, 11) is 0. The van der Waals surface area contributed by atoms with Gasteiger partial charge < -0.3 is 10.2 Å². The minimum absolute atomic E-state index is 0.0112. The minimum atomic E-state index is -0.0112. The van der Waals surface area contributed by atoms with E-state index in [4.69, 9.17) is 0 Å². The first-order valence-corrected chi connectivity index (χ1v) is 10.2. The highest BCUT2D eigenvalue weighted by molar-refractivity contribution is 5.73. The fourth-order valence-corrected chi connectivity index (χ4v) is 3.01. The lowest BCUT2D eigenvalue weighted by Crippen LogP contribution is -2.31. The van der Waals surface area contributed by atoms with Crippen molar-refractivity contribution in [1.29, 1.82) is 0 Å². The lowest BCUT2D eigenvalue weighted by atomic mass is 10.1. The van der Waals surface area contributed by atoms with Gasteiger partial charge in [0.05, 0.1) is 6.54 Å². The van der Waals surface area contributed by atoms with Crippen LogP contribution in [-0.2, 0) is 11.2 Å². The molecule has 0 fully saturated rings. The summed E-state index contributed by atoms with van der Waals surface area (Å²) in [5.41, 5.74) is 2.76. The standard InChI is InChI=1S/C25H30N4O/c1-6-7-16-29(18-19(2)3)25-26-15-14-24(28-25)13-12-22-8-10-23(11-9-22)17-20(4)27-21(5)30/h8-11,14-15,19-20H,16-18H2,1-5H3,(H,27,30). The molecule has 0 bridgehead atoms. The van der Waals surface area contributed by atoms with Gasteiger partial charge in [-0.25, -0.2) is 9.97 Å². The van der Waals surface area contributed by atoms with Crippen molar-refractivity contribution in [2.45, 2.75) is 47.1 Å². The van der Waals surface area contributed by atoms with E-state index in [9.17, 15) is 4.79 Å². The van der Waals surface area contributed by atoms with Crippen molar-refractivity contribution in [2.24, 2.45) is 5.92 Å². The average Bonchev–Trinajstić information content (AvgIpc) is 2.70. The van der Waals surface area contributed by atoms with Crippen LogP contribution in [0.15, 0.2) is 36.5 Å². The van der Waals surface area contributed by atoms with Crippen LogP contribution in [-0.4, -0.2) is 35.0 Å². The van der Waals surface area contributed by atoms with Crippen molar-refractivity contribution in [3.63, 3.8) is 0 Å². The highest BCUT2D eigenvalue weighted by atomic mass is 16.1.